The van der Waals surface area contributed by atoms with Crippen LogP contribution in [0.25, 0.3) is 11.4 Å². The quantitative estimate of drug-likeness (QED) is 0.631. The zero-order chi connectivity index (χ0) is 18.4. The Hall–Kier alpha value is -3.66. The van der Waals surface area contributed by atoms with Gasteiger partial charge in [-0.25, -0.2) is 4.79 Å². The van der Waals surface area contributed by atoms with Gasteiger partial charge in [0.2, 0.25) is 5.82 Å². The van der Waals surface area contributed by atoms with Gasteiger partial charge in [-0.1, -0.05) is 29.4 Å². The number of aromatic nitrogens is 2. The summed E-state index contributed by atoms with van der Waals surface area (Å²) < 4.78 is 15.5. The van der Waals surface area contributed by atoms with Crippen LogP contribution in [0.1, 0.15) is 17.0 Å². The maximum absolute atomic E-state index is 11.8. The monoisotopic (exact) mass is 349 g/mol. The topological polar surface area (TPSA) is 98.2 Å². The van der Waals surface area contributed by atoms with Gasteiger partial charge in [-0.3, -0.25) is 0 Å². The summed E-state index contributed by atoms with van der Waals surface area (Å²) in [5.74, 6) is 0.559. The molecule has 0 saturated heterocycles. The zero-order valence-corrected chi connectivity index (χ0v) is 14.0. The highest BCUT2D eigenvalue weighted by Gasteiger charge is 2.12. The van der Waals surface area contributed by atoms with Crippen LogP contribution in [-0.4, -0.2) is 22.7 Å². The van der Waals surface area contributed by atoms with Crippen molar-refractivity contribution in [3.05, 3.63) is 65.5 Å². The molecule has 0 atom stereocenters. The van der Waals surface area contributed by atoms with Gasteiger partial charge in [-0.2, -0.15) is 10.2 Å². The fourth-order valence-electron chi connectivity index (χ4n) is 2.20. The lowest BCUT2D eigenvalue weighted by Gasteiger charge is -2.05. The van der Waals surface area contributed by atoms with E-state index < -0.39 is 5.97 Å². The Labute approximate surface area is 149 Å². The van der Waals surface area contributed by atoms with Crippen LogP contribution in [0.2, 0.25) is 0 Å². The number of rotatable bonds is 6. The standard InChI is InChI=1S/C19H15N3O4/c1-13-4-2-3-5-16(13)19-21-17(26-22-19)11-25-18(23)12-24-15-8-6-14(10-20)7-9-15/h2-9H,11-12H2,1H3. The summed E-state index contributed by atoms with van der Waals surface area (Å²) in [6.45, 7) is 1.56. The second kappa shape index (κ2) is 7.94. The fraction of sp³-hybridized carbons (Fsp3) is 0.158. The number of nitrogens with zero attached hydrogens (tertiary/aromatic N) is 3. The first-order valence-electron chi connectivity index (χ1n) is 7.83. The molecule has 130 valence electrons. The van der Waals surface area contributed by atoms with Gasteiger partial charge in [-0.05, 0) is 36.8 Å². The van der Waals surface area contributed by atoms with Crippen LogP contribution in [0.15, 0.2) is 53.1 Å². The first kappa shape index (κ1) is 17.2. The molecule has 0 aliphatic carbocycles. The first-order valence-corrected chi connectivity index (χ1v) is 7.83. The van der Waals surface area contributed by atoms with Gasteiger partial charge in [0.25, 0.3) is 5.89 Å². The molecule has 0 N–H and O–H groups in total. The minimum absolute atomic E-state index is 0.131. The van der Waals surface area contributed by atoms with Crippen molar-refractivity contribution in [2.75, 3.05) is 6.61 Å². The maximum Gasteiger partial charge on any atom is 0.344 e. The number of benzene rings is 2. The van der Waals surface area contributed by atoms with Crippen molar-refractivity contribution >= 4 is 5.97 Å². The van der Waals surface area contributed by atoms with Gasteiger partial charge in [-0.15, -0.1) is 0 Å². The number of ether oxygens (including phenoxy) is 2. The van der Waals surface area contributed by atoms with Crippen LogP contribution >= 0.6 is 0 Å². The molecule has 7 nitrogen and oxygen atoms in total. The molecule has 0 radical (unpaired) electrons. The molecule has 0 unspecified atom stereocenters. The lowest BCUT2D eigenvalue weighted by molar-refractivity contribution is -0.148. The van der Waals surface area contributed by atoms with Crippen molar-refractivity contribution in [1.29, 1.82) is 5.26 Å². The Morgan fingerprint density at radius 3 is 2.69 bits per heavy atom. The summed E-state index contributed by atoms with van der Waals surface area (Å²) in [5, 5.41) is 12.6. The van der Waals surface area contributed by atoms with E-state index >= 15 is 0 Å². The Kier molecular flexibility index (Phi) is 5.25. The molecule has 0 aliphatic heterocycles. The Bertz CT molecular complexity index is 942. The average Bonchev–Trinajstić information content (AvgIpc) is 3.14. The number of hydrogen-bond acceptors (Lipinski definition) is 7. The molecule has 0 spiro atoms. The normalized spacial score (nSPS) is 10.2. The molecule has 0 saturated carbocycles. The number of aryl methyl sites for hydroxylation is 1. The molecule has 0 fully saturated rings. The molecule has 3 rings (SSSR count). The van der Waals surface area contributed by atoms with Gasteiger partial charge in [0.05, 0.1) is 11.6 Å². The van der Waals surface area contributed by atoms with Crippen molar-refractivity contribution in [2.24, 2.45) is 0 Å². The van der Waals surface area contributed by atoms with Crippen molar-refractivity contribution in [1.82, 2.24) is 10.1 Å². The highest BCUT2D eigenvalue weighted by molar-refractivity contribution is 5.71. The van der Waals surface area contributed by atoms with E-state index in [4.69, 9.17) is 19.3 Å². The van der Waals surface area contributed by atoms with Crippen LogP contribution in [0.4, 0.5) is 0 Å². The van der Waals surface area contributed by atoms with Gasteiger partial charge >= 0.3 is 5.97 Å². The van der Waals surface area contributed by atoms with Crippen LogP contribution in [0.3, 0.4) is 0 Å². The molecule has 0 amide bonds. The van der Waals surface area contributed by atoms with E-state index in [2.05, 4.69) is 10.1 Å². The molecule has 0 aliphatic rings. The Balaban J connectivity index is 1.50. The number of nitriles is 1. The zero-order valence-electron chi connectivity index (χ0n) is 14.0. The van der Waals surface area contributed by atoms with Crippen LogP contribution < -0.4 is 4.74 Å². The van der Waals surface area contributed by atoms with E-state index in [-0.39, 0.29) is 19.1 Å². The van der Waals surface area contributed by atoms with Gasteiger partial charge < -0.3 is 14.0 Å². The average molecular weight is 349 g/mol. The number of carbonyl (C=O) groups excluding carboxylic acids is 1. The minimum atomic E-state index is -0.565. The molecule has 0 bridgehead atoms. The SMILES string of the molecule is Cc1ccccc1-c1noc(COC(=O)COc2ccc(C#N)cc2)n1. The number of hydrogen-bond donors (Lipinski definition) is 0. The van der Waals surface area contributed by atoms with E-state index in [0.717, 1.165) is 11.1 Å². The van der Waals surface area contributed by atoms with Crippen molar-refractivity contribution < 1.29 is 18.8 Å². The molecular formula is C19H15N3O4. The molecule has 3 aromatic rings. The summed E-state index contributed by atoms with van der Waals surface area (Å²) in [6.07, 6.45) is 0. The van der Waals surface area contributed by atoms with Gasteiger partial charge in [0.1, 0.15) is 5.75 Å². The maximum atomic E-state index is 11.8. The minimum Gasteiger partial charge on any atom is -0.482 e. The highest BCUT2D eigenvalue weighted by Crippen LogP contribution is 2.20. The van der Waals surface area contributed by atoms with Gasteiger partial charge in [0, 0.05) is 5.56 Å². The second-order valence-corrected chi connectivity index (χ2v) is 5.41. The predicted molar refractivity (Wildman–Crippen MR) is 90.9 cm³/mol. The third-order valence-corrected chi connectivity index (χ3v) is 3.55. The smallest absolute Gasteiger partial charge is 0.344 e. The first-order chi connectivity index (χ1) is 12.7. The van der Waals surface area contributed by atoms with E-state index in [1.165, 1.54) is 0 Å². The van der Waals surface area contributed by atoms with Gasteiger partial charge in [0.15, 0.2) is 13.2 Å². The molecular weight excluding hydrogens is 334 g/mol. The molecule has 26 heavy (non-hydrogen) atoms. The third-order valence-electron chi connectivity index (χ3n) is 3.55. The summed E-state index contributed by atoms with van der Waals surface area (Å²) in [5.41, 5.74) is 2.39. The summed E-state index contributed by atoms with van der Waals surface area (Å²) in [6, 6.07) is 16.1. The molecule has 1 heterocycles. The summed E-state index contributed by atoms with van der Waals surface area (Å²) >= 11 is 0. The van der Waals surface area contributed by atoms with E-state index in [9.17, 15) is 4.79 Å². The lowest BCUT2D eigenvalue weighted by atomic mass is 10.1. The molecule has 2 aromatic carbocycles. The molecule has 7 heteroatoms. The summed E-state index contributed by atoms with van der Waals surface area (Å²) in [7, 11) is 0. The van der Waals surface area contributed by atoms with Crippen LogP contribution in [0.5, 0.6) is 5.75 Å². The van der Waals surface area contributed by atoms with Crippen molar-refractivity contribution in [2.45, 2.75) is 13.5 Å². The highest BCUT2D eigenvalue weighted by atomic mass is 16.6. The summed E-state index contributed by atoms with van der Waals surface area (Å²) in [4.78, 5) is 16.0. The Morgan fingerprint density at radius 2 is 1.96 bits per heavy atom. The number of carbonyl (C=O) groups is 1. The van der Waals surface area contributed by atoms with Crippen LogP contribution in [-0.2, 0) is 16.1 Å². The Morgan fingerprint density at radius 1 is 1.19 bits per heavy atom. The third kappa shape index (κ3) is 4.24. The van der Waals surface area contributed by atoms with Crippen molar-refractivity contribution in [3.63, 3.8) is 0 Å². The van der Waals surface area contributed by atoms with E-state index in [1.54, 1.807) is 24.3 Å². The predicted octanol–water partition coefficient (Wildman–Crippen LogP) is 3.04. The fourth-order valence-corrected chi connectivity index (χ4v) is 2.20. The second-order valence-electron chi connectivity index (χ2n) is 5.41. The lowest BCUT2D eigenvalue weighted by Crippen LogP contribution is -2.14. The van der Waals surface area contributed by atoms with Crippen LogP contribution in [0, 0.1) is 18.3 Å². The van der Waals surface area contributed by atoms with E-state index in [0.29, 0.717) is 17.1 Å². The number of esters is 1. The molecule has 1 aromatic heterocycles. The van der Waals surface area contributed by atoms with E-state index in [1.807, 2.05) is 37.3 Å². The van der Waals surface area contributed by atoms with Crippen molar-refractivity contribution in [3.8, 4) is 23.2 Å². The largest absolute Gasteiger partial charge is 0.482 e.